The van der Waals surface area contributed by atoms with Crippen molar-refractivity contribution in [2.75, 3.05) is 6.54 Å². The average Bonchev–Trinajstić information content (AvgIpc) is 2.35. The number of carbonyl (C=O) groups excluding carboxylic acids is 1. The number of amides is 1. The van der Waals surface area contributed by atoms with Crippen LogP contribution < -0.4 is 10.6 Å². The number of hydrogen-bond acceptors (Lipinski definition) is 2. The lowest BCUT2D eigenvalue weighted by atomic mass is 9.99. The summed E-state index contributed by atoms with van der Waals surface area (Å²) in [7, 11) is 0. The fourth-order valence-corrected chi connectivity index (χ4v) is 2.82. The maximum Gasteiger partial charge on any atom is 0.251 e. The molecule has 1 amide bonds. The molecule has 0 radical (unpaired) electrons. The van der Waals surface area contributed by atoms with Gasteiger partial charge in [0.25, 0.3) is 5.91 Å². The Hall–Kier alpha value is -1.35. The minimum atomic E-state index is 0.0341. The quantitative estimate of drug-likeness (QED) is 0.877. The molecular weight excluding hydrogens is 236 g/mol. The second-order valence-electron chi connectivity index (χ2n) is 5.78. The number of nitrogens with one attached hydrogen (secondary N) is 2. The Labute approximate surface area is 115 Å². The van der Waals surface area contributed by atoms with Gasteiger partial charge in [0.05, 0.1) is 0 Å². The summed E-state index contributed by atoms with van der Waals surface area (Å²) in [5.41, 5.74) is 3.03. The van der Waals surface area contributed by atoms with Crippen molar-refractivity contribution in [3.8, 4) is 0 Å². The van der Waals surface area contributed by atoms with Crippen molar-refractivity contribution in [3.05, 3.63) is 34.9 Å². The number of rotatable bonds is 3. The lowest BCUT2D eigenvalue weighted by Crippen LogP contribution is -2.47. The van der Waals surface area contributed by atoms with Gasteiger partial charge in [0.15, 0.2) is 0 Å². The molecule has 2 unspecified atom stereocenters. The third kappa shape index (κ3) is 4.06. The minimum Gasteiger partial charge on any atom is -0.350 e. The molecule has 0 spiro atoms. The van der Waals surface area contributed by atoms with Gasteiger partial charge >= 0.3 is 0 Å². The molecule has 0 saturated carbocycles. The maximum atomic E-state index is 12.1. The van der Waals surface area contributed by atoms with Gasteiger partial charge < -0.3 is 10.6 Å². The molecule has 1 heterocycles. The lowest BCUT2D eigenvalue weighted by molar-refractivity contribution is 0.0946. The molecule has 1 aliphatic rings. The average molecular weight is 260 g/mol. The molecule has 2 N–H and O–H groups in total. The molecule has 0 aliphatic carbocycles. The van der Waals surface area contributed by atoms with Crippen LogP contribution in [-0.4, -0.2) is 24.5 Å². The zero-order chi connectivity index (χ0) is 13.8. The summed E-state index contributed by atoms with van der Waals surface area (Å²) >= 11 is 0. The van der Waals surface area contributed by atoms with Crippen molar-refractivity contribution in [3.63, 3.8) is 0 Å². The lowest BCUT2D eigenvalue weighted by Gasteiger charge is -2.28. The molecule has 1 aromatic carbocycles. The van der Waals surface area contributed by atoms with Crippen LogP contribution in [0.2, 0.25) is 0 Å². The Morgan fingerprint density at radius 3 is 2.58 bits per heavy atom. The van der Waals surface area contributed by atoms with Gasteiger partial charge in [0.1, 0.15) is 0 Å². The van der Waals surface area contributed by atoms with Crippen LogP contribution in [0.5, 0.6) is 0 Å². The number of aryl methyl sites for hydroxylation is 2. The van der Waals surface area contributed by atoms with E-state index in [1.165, 1.54) is 12.8 Å². The largest absolute Gasteiger partial charge is 0.350 e. The summed E-state index contributed by atoms with van der Waals surface area (Å²) in [6.07, 6.45) is 3.64. The molecule has 1 aliphatic heterocycles. The number of piperidine rings is 1. The van der Waals surface area contributed by atoms with Gasteiger partial charge in [-0.15, -0.1) is 0 Å². The number of benzene rings is 1. The van der Waals surface area contributed by atoms with Crippen LogP contribution in [0, 0.1) is 13.8 Å². The number of carbonyl (C=O) groups is 1. The molecule has 1 saturated heterocycles. The van der Waals surface area contributed by atoms with E-state index in [0.29, 0.717) is 12.1 Å². The normalized spacial score (nSPS) is 23.1. The van der Waals surface area contributed by atoms with Crippen LogP contribution >= 0.6 is 0 Å². The molecular formula is C16H24N2O. The van der Waals surface area contributed by atoms with E-state index in [4.69, 9.17) is 0 Å². The van der Waals surface area contributed by atoms with Crippen molar-refractivity contribution in [1.29, 1.82) is 0 Å². The Kier molecular flexibility index (Phi) is 4.59. The minimum absolute atomic E-state index is 0.0341. The molecule has 3 nitrogen and oxygen atoms in total. The first-order valence-corrected chi connectivity index (χ1v) is 7.17. The summed E-state index contributed by atoms with van der Waals surface area (Å²) < 4.78 is 0. The predicted molar refractivity (Wildman–Crippen MR) is 78.5 cm³/mol. The Balaban J connectivity index is 1.90. The van der Waals surface area contributed by atoms with Gasteiger partial charge in [-0.1, -0.05) is 23.6 Å². The van der Waals surface area contributed by atoms with Crippen LogP contribution in [-0.2, 0) is 0 Å². The zero-order valence-corrected chi connectivity index (χ0v) is 12.1. The summed E-state index contributed by atoms with van der Waals surface area (Å²) in [4.78, 5) is 12.1. The molecule has 2 atom stereocenters. The summed E-state index contributed by atoms with van der Waals surface area (Å²) in [5.74, 6) is 0.0341. The summed E-state index contributed by atoms with van der Waals surface area (Å²) in [6, 6.07) is 6.95. The van der Waals surface area contributed by atoms with Crippen molar-refractivity contribution in [2.24, 2.45) is 0 Å². The maximum absolute atomic E-state index is 12.1. The summed E-state index contributed by atoms with van der Waals surface area (Å²) in [6.45, 7) is 6.97. The fraction of sp³-hybridized carbons (Fsp3) is 0.562. The Bertz CT molecular complexity index is 436. The molecule has 3 heteroatoms. The first kappa shape index (κ1) is 14.1. The molecule has 0 bridgehead atoms. The molecule has 0 aromatic heterocycles. The van der Waals surface area contributed by atoms with E-state index in [9.17, 15) is 4.79 Å². The molecule has 1 aromatic rings. The van der Waals surface area contributed by atoms with Gasteiger partial charge in [0, 0.05) is 24.2 Å². The monoisotopic (exact) mass is 260 g/mol. The van der Waals surface area contributed by atoms with E-state index in [0.717, 1.165) is 29.7 Å². The van der Waals surface area contributed by atoms with E-state index < -0.39 is 0 Å². The fourth-order valence-electron chi connectivity index (χ4n) is 2.82. The highest BCUT2D eigenvalue weighted by atomic mass is 16.1. The zero-order valence-electron chi connectivity index (χ0n) is 12.1. The van der Waals surface area contributed by atoms with E-state index >= 15 is 0 Å². The van der Waals surface area contributed by atoms with Crippen LogP contribution in [0.15, 0.2) is 18.2 Å². The van der Waals surface area contributed by atoms with Gasteiger partial charge in [-0.05, 0) is 45.7 Å². The molecule has 1 fully saturated rings. The van der Waals surface area contributed by atoms with Crippen molar-refractivity contribution in [1.82, 2.24) is 10.6 Å². The van der Waals surface area contributed by atoms with E-state index in [1.54, 1.807) is 0 Å². The Morgan fingerprint density at radius 2 is 1.95 bits per heavy atom. The van der Waals surface area contributed by atoms with Crippen LogP contribution in [0.3, 0.4) is 0 Å². The first-order valence-electron chi connectivity index (χ1n) is 7.17. The third-order valence-corrected chi connectivity index (χ3v) is 3.70. The second-order valence-corrected chi connectivity index (χ2v) is 5.78. The van der Waals surface area contributed by atoms with Gasteiger partial charge in [0.2, 0.25) is 0 Å². The summed E-state index contributed by atoms with van der Waals surface area (Å²) in [5, 5.41) is 6.57. The highest BCUT2D eigenvalue weighted by Crippen LogP contribution is 2.12. The van der Waals surface area contributed by atoms with E-state index in [2.05, 4.69) is 23.6 Å². The predicted octanol–water partition coefficient (Wildman–Crippen LogP) is 2.56. The topological polar surface area (TPSA) is 41.1 Å². The standard InChI is InChI=1S/C16H24N2O/c1-11-7-12(2)9-14(8-11)16(19)17-10-15-6-4-5-13(3)18-15/h7-9,13,15,18H,4-6,10H2,1-3H3,(H,17,19). The van der Waals surface area contributed by atoms with Crippen molar-refractivity contribution < 1.29 is 4.79 Å². The van der Waals surface area contributed by atoms with Gasteiger partial charge in [-0.2, -0.15) is 0 Å². The molecule has 104 valence electrons. The molecule has 2 rings (SSSR count). The van der Waals surface area contributed by atoms with Crippen molar-refractivity contribution in [2.45, 2.75) is 52.1 Å². The number of hydrogen-bond donors (Lipinski definition) is 2. The second kappa shape index (κ2) is 6.20. The van der Waals surface area contributed by atoms with E-state index in [1.807, 2.05) is 26.0 Å². The Morgan fingerprint density at radius 1 is 1.26 bits per heavy atom. The van der Waals surface area contributed by atoms with Gasteiger partial charge in [-0.25, -0.2) is 0 Å². The van der Waals surface area contributed by atoms with Crippen LogP contribution in [0.25, 0.3) is 0 Å². The smallest absolute Gasteiger partial charge is 0.251 e. The third-order valence-electron chi connectivity index (χ3n) is 3.70. The van der Waals surface area contributed by atoms with Crippen LogP contribution in [0.4, 0.5) is 0 Å². The highest BCUT2D eigenvalue weighted by Gasteiger charge is 2.18. The SMILES string of the molecule is Cc1cc(C)cc(C(=O)NCC2CCCC(C)N2)c1. The highest BCUT2D eigenvalue weighted by molar-refractivity contribution is 5.94. The van der Waals surface area contributed by atoms with E-state index in [-0.39, 0.29) is 5.91 Å². The van der Waals surface area contributed by atoms with Gasteiger partial charge in [-0.3, -0.25) is 4.79 Å². The van der Waals surface area contributed by atoms with Crippen LogP contribution in [0.1, 0.15) is 47.7 Å². The van der Waals surface area contributed by atoms with Crippen molar-refractivity contribution >= 4 is 5.91 Å². The molecule has 19 heavy (non-hydrogen) atoms. The first-order chi connectivity index (χ1) is 9.04.